The van der Waals surface area contributed by atoms with Crippen molar-refractivity contribution in [2.24, 2.45) is 0 Å². The van der Waals surface area contributed by atoms with Gasteiger partial charge in [-0.3, -0.25) is 0 Å². The molecule has 2 heterocycles. The van der Waals surface area contributed by atoms with Crippen LogP contribution in [-0.2, 0) is 0 Å². The van der Waals surface area contributed by atoms with Crippen LogP contribution in [0, 0.1) is 18.3 Å². The van der Waals surface area contributed by atoms with Crippen molar-refractivity contribution in [2.45, 2.75) is 6.92 Å². The van der Waals surface area contributed by atoms with Gasteiger partial charge in [-0.1, -0.05) is 6.07 Å². The first kappa shape index (κ1) is 14.6. The molecule has 6 nitrogen and oxygen atoms in total. The average molecular weight is 307 g/mol. The summed E-state index contributed by atoms with van der Waals surface area (Å²) in [7, 11) is 1.45. The Hall–Kier alpha value is -3.33. The summed E-state index contributed by atoms with van der Waals surface area (Å²) >= 11 is 0. The summed E-state index contributed by atoms with van der Waals surface area (Å²) in [5.41, 5.74) is 2.25. The van der Waals surface area contributed by atoms with Crippen LogP contribution in [0.1, 0.15) is 21.7 Å². The van der Waals surface area contributed by atoms with Crippen molar-refractivity contribution >= 4 is 11.6 Å². The molecular weight excluding hydrogens is 294 g/mol. The number of hydrogen-bond donors (Lipinski definition) is 0. The molecule has 0 aliphatic heterocycles. The highest BCUT2D eigenvalue weighted by molar-refractivity contribution is 5.90. The standard InChI is InChI=1S/C17H13N3O3/c1-11-4-3-5-16-19-13(10-20(11)16)17(21)23-14-7-6-12(9-18)8-15(14)22-2/h3-8,10H,1-2H3. The molecule has 1 aromatic carbocycles. The van der Waals surface area contributed by atoms with Gasteiger partial charge in [0, 0.05) is 18.0 Å². The highest BCUT2D eigenvalue weighted by Gasteiger charge is 2.16. The minimum atomic E-state index is -0.587. The quantitative estimate of drug-likeness (QED) is 0.549. The third-order valence-electron chi connectivity index (χ3n) is 3.40. The fourth-order valence-electron chi connectivity index (χ4n) is 2.22. The number of ether oxygens (including phenoxy) is 2. The maximum absolute atomic E-state index is 12.3. The number of carbonyl (C=O) groups is 1. The number of imidazole rings is 1. The molecule has 0 amide bonds. The molecule has 23 heavy (non-hydrogen) atoms. The summed E-state index contributed by atoms with van der Waals surface area (Å²) in [6, 6.07) is 12.2. The van der Waals surface area contributed by atoms with E-state index in [-0.39, 0.29) is 11.4 Å². The summed E-state index contributed by atoms with van der Waals surface area (Å²) in [6.45, 7) is 1.92. The van der Waals surface area contributed by atoms with E-state index in [1.165, 1.54) is 19.2 Å². The van der Waals surface area contributed by atoms with Crippen LogP contribution in [0.3, 0.4) is 0 Å². The molecule has 0 aliphatic carbocycles. The molecule has 0 saturated heterocycles. The van der Waals surface area contributed by atoms with E-state index in [2.05, 4.69) is 4.98 Å². The molecule has 0 fully saturated rings. The van der Waals surface area contributed by atoms with Crippen LogP contribution >= 0.6 is 0 Å². The number of hydrogen-bond acceptors (Lipinski definition) is 5. The van der Waals surface area contributed by atoms with E-state index in [9.17, 15) is 4.79 Å². The second-order valence-electron chi connectivity index (χ2n) is 4.89. The van der Waals surface area contributed by atoms with Crippen LogP contribution in [-0.4, -0.2) is 22.5 Å². The van der Waals surface area contributed by atoms with E-state index >= 15 is 0 Å². The van der Waals surface area contributed by atoms with E-state index in [0.717, 1.165) is 5.69 Å². The normalized spacial score (nSPS) is 10.3. The lowest BCUT2D eigenvalue weighted by Gasteiger charge is -2.08. The largest absolute Gasteiger partial charge is 0.493 e. The average Bonchev–Trinajstić information content (AvgIpc) is 3.01. The summed E-state index contributed by atoms with van der Waals surface area (Å²) < 4.78 is 12.3. The Labute approximate surface area is 132 Å². The van der Waals surface area contributed by atoms with Crippen molar-refractivity contribution in [3.05, 3.63) is 59.5 Å². The van der Waals surface area contributed by atoms with E-state index < -0.39 is 5.97 Å². The van der Waals surface area contributed by atoms with Gasteiger partial charge >= 0.3 is 5.97 Å². The first-order chi connectivity index (χ1) is 11.1. The van der Waals surface area contributed by atoms with Gasteiger partial charge < -0.3 is 13.9 Å². The van der Waals surface area contributed by atoms with E-state index in [0.29, 0.717) is 17.0 Å². The lowest BCUT2D eigenvalue weighted by Crippen LogP contribution is -2.09. The molecule has 0 spiro atoms. The predicted molar refractivity (Wildman–Crippen MR) is 82.6 cm³/mol. The first-order valence-electron chi connectivity index (χ1n) is 6.87. The summed E-state index contributed by atoms with van der Waals surface area (Å²) in [6.07, 6.45) is 1.63. The molecule has 0 atom stereocenters. The molecule has 0 radical (unpaired) electrons. The van der Waals surface area contributed by atoms with E-state index in [1.54, 1.807) is 12.3 Å². The zero-order chi connectivity index (χ0) is 16.4. The van der Waals surface area contributed by atoms with Crippen LogP contribution < -0.4 is 9.47 Å². The molecule has 114 valence electrons. The molecular formula is C17H13N3O3. The maximum atomic E-state index is 12.3. The Morgan fingerprint density at radius 2 is 2.09 bits per heavy atom. The Morgan fingerprint density at radius 1 is 1.26 bits per heavy atom. The second kappa shape index (κ2) is 5.81. The SMILES string of the molecule is COc1cc(C#N)ccc1OC(=O)c1cn2c(C)cccc2n1. The third-order valence-corrected chi connectivity index (χ3v) is 3.40. The molecule has 0 aliphatic rings. The van der Waals surface area contributed by atoms with Gasteiger partial charge in [-0.15, -0.1) is 0 Å². The van der Waals surface area contributed by atoms with Crippen LogP contribution in [0.5, 0.6) is 11.5 Å². The number of methoxy groups -OCH3 is 1. The molecule has 0 bridgehead atoms. The van der Waals surface area contributed by atoms with E-state index in [1.807, 2.05) is 35.6 Å². The van der Waals surface area contributed by atoms with Gasteiger partial charge in [0.15, 0.2) is 17.2 Å². The van der Waals surface area contributed by atoms with Crippen LogP contribution in [0.2, 0.25) is 0 Å². The Bertz CT molecular complexity index is 938. The highest BCUT2D eigenvalue weighted by atomic mass is 16.6. The first-order valence-corrected chi connectivity index (χ1v) is 6.87. The lowest BCUT2D eigenvalue weighted by atomic mass is 10.2. The summed E-state index contributed by atoms with van der Waals surface area (Å²) in [5.74, 6) is -0.0290. The van der Waals surface area contributed by atoms with Crippen LogP contribution in [0.4, 0.5) is 0 Å². The van der Waals surface area contributed by atoms with Crippen molar-refractivity contribution in [1.29, 1.82) is 5.26 Å². The number of esters is 1. The van der Waals surface area contributed by atoms with Gasteiger partial charge in [0.05, 0.1) is 18.7 Å². The topological polar surface area (TPSA) is 76.6 Å². The minimum absolute atomic E-state index is 0.200. The van der Waals surface area contributed by atoms with Crippen molar-refractivity contribution in [3.8, 4) is 17.6 Å². The van der Waals surface area contributed by atoms with Gasteiger partial charge in [0.1, 0.15) is 5.65 Å². The summed E-state index contributed by atoms with van der Waals surface area (Å²) in [4.78, 5) is 16.6. The molecule has 3 aromatic rings. The number of rotatable bonds is 3. The second-order valence-corrected chi connectivity index (χ2v) is 4.89. The zero-order valence-electron chi connectivity index (χ0n) is 12.6. The monoisotopic (exact) mass is 307 g/mol. The number of aryl methyl sites for hydroxylation is 1. The predicted octanol–water partition coefficient (Wildman–Crippen LogP) is 2.74. The highest BCUT2D eigenvalue weighted by Crippen LogP contribution is 2.28. The van der Waals surface area contributed by atoms with Crippen LogP contribution in [0.25, 0.3) is 5.65 Å². The summed E-state index contributed by atoms with van der Waals surface area (Å²) in [5, 5.41) is 8.89. The Morgan fingerprint density at radius 3 is 2.78 bits per heavy atom. The minimum Gasteiger partial charge on any atom is -0.493 e. The van der Waals surface area contributed by atoms with E-state index in [4.69, 9.17) is 14.7 Å². The molecule has 0 N–H and O–H groups in total. The molecule has 6 heteroatoms. The molecule has 2 aromatic heterocycles. The number of carbonyl (C=O) groups excluding carboxylic acids is 1. The van der Waals surface area contributed by atoms with Crippen molar-refractivity contribution in [2.75, 3.05) is 7.11 Å². The number of pyridine rings is 1. The van der Waals surface area contributed by atoms with Crippen molar-refractivity contribution in [1.82, 2.24) is 9.38 Å². The van der Waals surface area contributed by atoms with Gasteiger partial charge in [0.25, 0.3) is 0 Å². The molecule has 0 saturated carbocycles. The Kier molecular flexibility index (Phi) is 3.69. The van der Waals surface area contributed by atoms with Gasteiger partial charge in [-0.2, -0.15) is 5.26 Å². The Balaban J connectivity index is 1.92. The van der Waals surface area contributed by atoms with Gasteiger partial charge in [-0.05, 0) is 31.2 Å². The fraction of sp³-hybridized carbons (Fsp3) is 0.118. The molecule has 0 unspecified atom stereocenters. The maximum Gasteiger partial charge on any atom is 0.364 e. The number of nitrogens with zero attached hydrogens (tertiary/aromatic N) is 3. The van der Waals surface area contributed by atoms with Crippen molar-refractivity contribution in [3.63, 3.8) is 0 Å². The lowest BCUT2D eigenvalue weighted by molar-refractivity contribution is 0.0724. The number of fused-ring (bicyclic) bond motifs is 1. The number of benzene rings is 1. The zero-order valence-corrected chi connectivity index (χ0v) is 12.6. The smallest absolute Gasteiger partial charge is 0.364 e. The van der Waals surface area contributed by atoms with Gasteiger partial charge in [0.2, 0.25) is 0 Å². The third kappa shape index (κ3) is 2.72. The van der Waals surface area contributed by atoms with Gasteiger partial charge in [-0.25, -0.2) is 9.78 Å². The molecule has 3 rings (SSSR count). The number of aromatic nitrogens is 2. The number of nitriles is 1. The van der Waals surface area contributed by atoms with Crippen molar-refractivity contribution < 1.29 is 14.3 Å². The van der Waals surface area contributed by atoms with Crippen LogP contribution in [0.15, 0.2) is 42.6 Å². The fourth-order valence-corrected chi connectivity index (χ4v) is 2.22.